The molecule has 1 aromatic carbocycles. The smallest absolute Gasteiger partial charge is 0.231 e. The third-order valence-electron chi connectivity index (χ3n) is 4.47. The van der Waals surface area contributed by atoms with Gasteiger partial charge in [-0.2, -0.15) is 0 Å². The lowest BCUT2D eigenvalue weighted by atomic mass is 10.2. The molecule has 1 aliphatic rings. The number of nitrogens with zero attached hydrogens (tertiary/aromatic N) is 2. The third kappa shape index (κ3) is 5.90. The van der Waals surface area contributed by atoms with Crippen molar-refractivity contribution >= 4 is 54.2 Å². The second-order valence-electron chi connectivity index (χ2n) is 6.92. The lowest BCUT2D eigenvalue weighted by Gasteiger charge is -2.20. The lowest BCUT2D eigenvalue weighted by molar-refractivity contribution is -0.132. The first-order valence-corrected chi connectivity index (χ1v) is 12.0. The van der Waals surface area contributed by atoms with Crippen molar-refractivity contribution in [3.05, 3.63) is 18.2 Å². The molecule has 0 atom stereocenters. The summed E-state index contributed by atoms with van der Waals surface area (Å²) in [7, 11) is -3.39. The fourth-order valence-electron chi connectivity index (χ4n) is 3.13. The van der Waals surface area contributed by atoms with E-state index < -0.39 is 10.0 Å². The van der Waals surface area contributed by atoms with Gasteiger partial charge in [-0.05, 0) is 31.0 Å². The van der Waals surface area contributed by atoms with Crippen molar-refractivity contribution in [2.45, 2.75) is 38.5 Å². The van der Waals surface area contributed by atoms with Gasteiger partial charge in [-0.1, -0.05) is 24.2 Å². The van der Waals surface area contributed by atoms with Crippen LogP contribution >= 0.6 is 11.3 Å². The van der Waals surface area contributed by atoms with E-state index in [1.165, 1.54) is 11.3 Å². The van der Waals surface area contributed by atoms with Crippen LogP contribution in [0.4, 0.5) is 10.8 Å². The van der Waals surface area contributed by atoms with Crippen LogP contribution in [0.3, 0.4) is 0 Å². The first kappa shape index (κ1) is 20.5. The second kappa shape index (κ2) is 8.87. The molecule has 1 aliphatic heterocycles. The molecule has 8 nitrogen and oxygen atoms in total. The molecule has 2 aromatic rings. The Morgan fingerprint density at radius 3 is 2.54 bits per heavy atom. The van der Waals surface area contributed by atoms with Crippen LogP contribution in [0.5, 0.6) is 0 Å². The number of fused-ring (bicyclic) bond motifs is 1. The number of benzene rings is 1. The number of likely N-dealkylation sites (tertiary alicyclic amines) is 1. The van der Waals surface area contributed by atoms with Crippen LogP contribution in [-0.2, 0) is 19.6 Å². The summed E-state index contributed by atoms with van der Waals surface area (Å²) in [5.74, 6) is -0.187. The van der Waals surface area contributed by atoms with Gasteiger partial charge in [0.2, 0.25) is 21.8 Å². The summed E-state index contributed by atoms with van der Waals surface area (Å²) >= 11 is 1.19. The van der Waals surface area contributed by atoms with E-state index in [1.807, 2.05) is 4.90 Å². The van der Waals surface area contributed by atoms with Crippen LogP contribution < -0.4 is 10.0 Å². The molecule has 0 unspecified atom stereocenters. The molecule has 2 N–H and O–H groups in total. The van der Waals surface area contributed by atoms with Crippen molar-refractivity contribution in [1.29, 1.82) is 0 Å². The number of anilines is 2. The number of hydrogen-bond acceptors (Lipinski definition) is 6. The number of thiazole rings is 1. The number of nitrogens with one attached hydrogen (secondary N) is 2. The van der Waals surface area contributed by atoms with Gasteiger partial charge < -0.3 is 10.2 Å². The van der Waals surface area contributed by atoms with E-state index in [0.717, 1.165) is 49.7 Å². The van der Waals surface area contributed by atoms with Gasteiger partial charge in [0.25, 0.3) is 0 Å². The van der Waals surface area contributed by atoms with Gasteiger partial charge in [-0.15, -0.1) is 0 Å². The Hall–Kier alpha value is -2.20. The van der Waals surface area contributed by atoms with Gasteiger partial charge in [-0.3, -0.25) is 14.3 Å². The molecule has 2 heterocycles. The van der Waals surface area contributed by atoms with Gasteiger partial charge >= 0.3 is 0 Å². The van der Waals surface area contributed by atoms with E-state index in [1.54, 1.807) is 18.2 Å². The monoisotopic (exact) mass is 424 g/mol. The quantitative estimate of drug-likeness (QED) is 0.741. The van der Waals surface area contributed by atoms with Crippen LogP contribution in [0, 0.1) is 0 Å². The molecular weight excluding hydrogens is 400 g/mol. The molecule has 0 spiro atoms. The molecule has 1 saturated heterocycles. The zero-order chi connectivity index (χ0) is 20.1. The highest BCUT2D eigenvalue weighted by Gasteiger charge is 2.17. The average molecular weight is 425 g/mol. The summed E-state index contributed by atoms with van der Waals surface area (Å²) in [6.07, 6.45) is 5.79. The SMILES string of the molecule is CS(=O)(=O)Nc1nc2ccc(NC(=O)CCC(=O)N3CCCCCC3)cc2s1. The van der Waals surface area contributed by atoms with E-state index in [4.69, 9.17) is 0 Å². The topological polar surface area (TPSA) is 108 Å². The van der Waals surface area contributed by atoms with Crippen molar-refractivity contribution < 1.29 is 18.0 Å². The van der Waals surface area contributed by atoms with E-state index in [9.17, 15) is 18.0 Å². The van der Waals surface area contributed by atoms with Crippen LogP contribution in [0.1, 0.15) is 38.5 Å². The Balaban J connectivity index is 1.56. The summed E-state index contributed by atoms with van der Waals surface area (Å²) in [6.45, 7) is 1.57. The van der Waals surface area contributed by atoms with E-state index in [0.29, 0.717) is 11.2 Å². The molecular formula is C18H24N4O4S2. The number of carbonyl (C=O) groups excluding carboxylic acids is 2. The Morgan fingerprint density at radius 1 is 1.14 bits per heavy atom. The Morgan fingerprint density at radius 2 is 1.86 bits per heavy atom. The number of carbonyl (C=O) groups is 2. The Kier molecular flexibility index (Phi) is 6.50. The second-order valence-corrected chi connectivity index (χ2v) is 9.70. The predicted molar refractivity (Wildman–Crippen MR) is 111 cm³/mol. The van der Waals surface area contributed by atoms with Gasteiger partial charge in [-0.25, -0.2) is 13.4 Å². The third-order valence-corrected chi connectivity index (χ3v) is 6.10. The van der Waals surface area contributed by atoms with Crippen LogP contribution in [-0.4, -0.2) is 49.5 Å². The van der Waals surface area contributed by atoms with E-state index in [2.05, 4.69) is 15.0 Å². The van der Waals surface area contributed by atoms with Crippen LogP contribution in [0.2, 0.25) is 0 Å². The van der Waals surface area contributed by atoms with Crippen molar-refractivity contribution in [3.63, 3.8) is 0 Å². The lowest BCUT2D eigenvalue weighted by Crippen LogP contribution is -2.32. The molecule has 3 rings (SSSR count). The number of amides is 2. The fourth-order valence-corrected chi connectivity index (χ4v) is 4.87. The van der Waals surface area contributed by atoms with Crippen molar-refractivity contribution in [2.24, 2.45) is 0 Å². The summed E-state index contributed by atoms with van der Waals surface area (Å²) in [4.78, 5) is 30.6. The van der Waals surface area contributed by atoms with E-state index >= 15 is 0 Å². The van der Waals surface area contributed by atoms with Gasteiger partial charge in [0.05, 0.1) is 16.5 Å². The molecule has 1 fully saturated rings. The average Bonchev–Trinajstić information content (AvgIpc) is 2.81. The fraction of sp³-hybridized carbons (Fsp3) is 0.500. The normalized spacial score (nSPS) is 15.2. The highest BCUT2D eigenvalue weighted by Crippen LogP contribution is 2.29. The molecule has 10 heteroatoms. The highest BCUT2D eigenvalue weighted by molar-refractivity contribution is 7.92. The summed E-state index contributed by atoms with van der Waals surface area (Å²) in [5.41, 5.74) is 1.24. The summed E-state index contributed by atoms with van der Waals surface area (Å²) < 4.78 is 25.7. The Bertz CT molecular complexity index is 963. The maximum atomic E-state index is 12.3. The standard InChI is InChI=1S/C18H24N4O4S2/c1-28(25,26)21-18-20-14-7-6-13(12-15(14)27-18)19-16(23)8-9-17(24)22-10-4-2-3-5-11-22/h6-7,12H,2-5,8-11H2,1H3,(H,19,23)(H,20,21). The number of sulfonamides is 1. The molecule has 0 radical (unpaired) electrons. The molecule has 0 bridgehead atoms. The maximum Gasteiger partial charge on any atom is 0.231 e. The maximum absolute atomic E-state index is 12.3. The minimum atomic E-state index is -3.39. The zero-order valence-corrected chi connectivity index (χ0v) is 17.4. The summed E-state index contributed by atoms with van der Waals surface area (Å²) in [6, 6.07) is 5.17. The minimum absolute atomic E-state index is 0.0338. The number of aromatic nitrogens is 1. The first-order chi connectivity index (χ1) is 13.3. The Labute approximate surface area is 168 Å². The predicted octanol–water partition coefficient (Wildman–Crippen LogP) is 2.79. The molecule has 28 heavy (non-hydrogen) atoms. The molecule has 0 saturated carbocycles. The van der Waals surface area contributed by atoms with Gasteiger partial charge in [0.15, 0.2) is 5.13 Å². The minimum Gasteiger partial charge on any atom is -0.343 e. The highest BCUT2D eigenvalue weighted by atomic mass is 32.2. The van der Waals surface area contributed by atoms with Gasteiger partial charge in [0, 0.05) is 31.6 Å². The molecule has 1 aromatic heterocycles. The van der Waals surface area contributed by atoms with Crippen molar-refractivity contribution in [3.8, 4) is 0 Å². The van der Waals surface area contributed by atoms with Crippen LogP contribution in [0.15, 0.2) is 18.2 Å². The van der Waals surface area contributed by atoms with Crippen molar-refractivity contribution in [2.75, 3.05) is 29.4 Å². The summed E-state index contributed by atoms with van der Waals surface area (Å²) in [5, 5.41) is 3.07. The zero-order valence-electron chi connectivity index (χ0n) is 15.7. The number of hydrogen-bond donors (Lipinski definition) is 2. The molecule has 152 valence electrons. The van der Waals surface area contributed by atoms with Crippen molar-refractivity contribution in [1.82, 2.24) is 9.88 Å². The molecule has 2 amide bonds. The number of rotatable bonds is 6. The van der Waals surface area contributed by atoms with Gasteiger partial charge in [0.1, 0.15) is 0 Å². The first-order valence-electron chi connectivity index (χ1n) is 9.26. The largest absolute Gasteiger partial charge is 0.343 e. The van der Waals surface area contributed by atoms with Crippen LogP contribution in [0.25, 0.3) is 10.2 Å². The van der Waals surface area contributed by atoms with E-state index in [-0.39, 0.29) is 29.8 Å². The molecule has 0 aliphatic carbocycles.